The van der Waals surface area contributed by atoms with Crippen LogP contribution in [0.2, 0.25) is 0 Å². The molecule has 0 unspecified atom stereocenters. The van der Waals surface area contributed by atoms with Gasteiger partial charge in [0, 0.05) is 37.3 Å². The summed E-state index contributed by atoms with van der Waals surface area (Å²) in [5, 5.41) is 0. The van der Waals surface area contributed by atoms with Crippen molar-refractivity contribution in [2.45, 2.75) is 0 Å². The fourth-order valence-electron chi connectivity index (χ4n) is 3.18. The van der Waals surface area contributed by atoms with Crippen molar-refractivity contribution < 1.29 is 0 Å². The molecule has 0 aromatic heterocycles. The summed E-state index contributed by atoms with van der Waals surface area (Å²) in [5.41, 5.74) is 12.4. The van der Waals surface area contributed by atoms with Crippen LogP contribution in [0.5, 0.6) is 0 Å². The maximum atomic E-state index is 6.14. The second-order valence-electron chi connectivity index (χ2n) is 6.42. The van der Waals surface area contributed by atoms with E-state index < -0.39 is 0 Å². The first-order valence-electron chi connectivity index (χ1n) is 8.88. The number of nitrogens with two attached hydrogens (primary N) is 1. The summed E-state index contributed by atoms with van der Waals surface area (Å²) in [6.07, 6.45) is 0. The fraction of sp³-hybridized carbons (Fsp3) is 0. The SMILES string of the molecule is Nc1ccccc1-c1ccc(N(c2ccc(Br)cc2)c2ccc(Br)cc2)cc1. The maximum Gasteiger partial charge on any atom is 0.0462 e. The predicted molar refractivity (Wildman–Crippen MR) is 126 cm³/mol. The molecule has 4 rings (SSSR count). The Balaban J connectivity index is 1.77. The summed E-state index contributed by atoms with van der Waals surface area (Å²) in [6, 6.07) is 33.1. The quantitative estimate of drug-likeness (QED) is 0.292. The molecule has 0 heterocycles. The lowest BCUT2D eigenvalue weighted by Crippen LogP contribution is -2.09. The van der Waals surface area contributed by atoms with E-state index in [1.165, 1.54) is 0 Å². The Morgan fingerprint density at radius 2 is 0.964 bits per heavy atom. The summed E-state index contributed by atoms with van der Waals surface area (Å²) in [7, 11) is 0. The molecule has 0 saturated carbocycles. The first kappa shape index (κ1) is 18.8. The highest BCUT2D eigenvalue weighted by atomic mass is 79.9. The minimum atomic E-state index is 0.785. The monoisotopic (exact) mass is 492 g/mol. The third-order valence-electron chi connectivity index (χ3n) is 4.57. The van der Waals surface area contributed by atoms with E-state index in [4.69, 9.17) is 5.73 Å². The number of hydrogen-bond acceptors (Lipinski definition) is 2. The average molecular weight is 494 g/mol. The van der Waals surface area contributed by atoms with Gasteiger partial charge in [0.15, 0.2) is 0 Å². The van der Waals surface area contributed by atoms with E-state index in [2.05, 4.69) is 110 Å². The van der Waals surface area contributed by atoms with Crippen LogP contribution >= 0.6 is 31.9 Å². The van der Waals surface area contributed by atoms with Crippen molar-refractivity contribution in [3.8, 4) is 11.1 Å². The molecule has 2 N–H and O–H groups in total. The first-order valence-corrected chi connectivity index (χ1v) is 10.5. The van der Waals surface area contributed by atoms with Crippen molar-refractivity contribution in [3.05, 3.63) is 106 Å². The summed E-state index contributed by atoms with van der Waals surface area (Å²) in [4.78, 5) is 2.23. The van der Waals surface area contributed by atoms with Crippen LogP contribution in [0.1, 0.15) is 0 Å². The Kier molecular flexibility index (Phi) is 5.51. The molecule has 4 aromatic carbocycles. The molecule has 0 aliphatic rings. The van der Waals surface area contributed by atoms with Gasteiger partial charge in [-0.1, -0.05) is 62.2 Å². The number of nitrogen functional groups attached to an aromatic ring is 1. The molecule has 0 radical (unpaired) electrons. The highest BCUT2D eigenvalue weighted by Crippen LogP contribution is 2.37. The van der Waals surface area contributed by atoms with Gasteiger partial charge in [-0.3, -0.25) is 0 Å². The maximum absolute atomic E-state index is 6.14. The Morgan fingerprint density at radius 3 is 1.43 bits per heavy atom. The van der Waals surface area contributed by atoms with E-state index in [1.807, 2.05) is 24.3 Å². The van der Waals surface area contributed by atoms with Gasteiger partial charge in [-0.2, -0.15) is 0 Å². The predicted octanol–water partition coefficient (Wildman–Crippen LogP) is 7.93. The van der Waals surface area contributed by atoms with E-state index in [9.17, 15) is 0 Å². The van der Waals surface area contributed by atoms with E-state index in [-0.39, 0.29) is 0 Å². The van der Waals surface area contributed by atoms with Crippen molar-refractivity contribution in [2.24, 2.45) is 0 Å². The normalized spacial score (nSPS) is 10.6. The average Bonchev–Trinajstić information content (AvgIpc) is 2.72. The molecule has 4 heteroatoms. The van der Waals surface area contributed by atoms with Crippen LogP contribution in [0.25, 0.3) is 11.1 Å². The van der Waals surface area contributed by atoms with E-state index in [0.29, 0.717) is 0 Å². The summed E-state index contributed by atoms with van der Waals surface area (Å²) >= 11 is 7.04. The van der Waals surface area contributed by atoms with Crippen molar-refractivity contribution in [1.29, 1.82) is 0 Å². The number of para-hydroxylation sites is 1. The number of hydrogen-bond donors (Lipinski definition) is 1. The lowest BCUT2D eigenvalue weighted by atomic mass is 10.0. The smallest absolute Gasteiger partial charge is 0.0462 e. The molecular formula is C24H18Br2N2. The molecule has 0 spiro atoms. The number of halogens is 2. The highest BCUT2D eigenvalue weighted by Gasteiger charge is 2.13. The Labute approximate surface area is 181 Å². The topological polar surface area (TPSA) is 29.3 Å². The van der Waals surface area contributed by atoms with Gasteiger partial charge in [0.25, 0.3) is 0 Å². The number of anilines is 4. The molecular weight excluding hydrogens is 476 g/mol. The van der Waals surface area contributed by atoms with Gasteiger partial charge in [-0.15, -0.1) is 0 Å². The summed E-state index contributed by atoms with van der Waals surface area (Å²) < 4.78 is 2.11. The first-order chi connectivity index (χ1) is 13.6. The number of benzene rings is 4. The van der Waals surface area contributed by atoms with E-state index in [1.54, 1.807) is 0 Å². The van der Waals surface area contributed by atoms with Crippen LogP contribution in [0.15, 0.2) is 106 Å². The van der Waals surface area contributed by atoms with Gasteiger partial charge in [-0.05, 0) is 72.3 Å². The molecule has 0 fully saturated rings. The molecule has 138 valence electrons. The van der Waals surface area contributed by atoms with Gasteiger partial charge in [0.1, 0.15) is 0 Å². The van der Waals surface area contributed by atoms with Crippen LogP contribution in [0, 0.1) is 0 Å². The van der Waals surface area contributed by atoms with Gasteiger partial charge in [0.2, 0.25) is 0 Å². The van der Waals surface area contributed by atoms with Crippen LogP contribution in [-0.2, 0) is 0 Å². The second kappa shape index (κ2) is 8.21. The zero-order valence-electron chi connectivity index (χ0n) is 15.0. The standard InChI is InChI=1S/C24H18Br2N2/c25-18-7-13-21(14-8-18)28(22-15-9-19(26)10-16-22)20-11-5-17(6-12-20)23-3-1-2-4-24(23)27/h1-16H,27H2. The third kappa shape index (κ3) is 3.98. The van der Waals surface area contributed by atoms with Crippen molar-refractivity contribution in [3.63, 3.8) is 0 Å². The summed E-state index contributed by atoms with van der Waals surface area (Å²) in [6.45, 7) is 0. The molecule has 0 saturated heterocycles. The Hall–Kier alpha value is -2.56. The van der Waals surface area contributed by atoms with Crippen LogP contribution in [-0.4, -0.2) is 0 Å². The second-order valence-corrected chi connectivity index (χ2v) is 8.25. The zero-order chi connectivity index (χ0) is 19.5. The minimum absolute atomic E-state index is 0.785. The van der Waals surface area contributed by atoms with E-state index in [0.717, 1.165) is 42.8 Å². The molecule has 0 bridgehead atoms. The van der Waals surface area contributed by atoms with Crippen molar-refractivity contribution in [1.82, 2.24) is 0 Å². The molecule has 28 heavy (non-hydrogen) atoms. The van der Waals surface area contributed by atoms with Crippen molar-refractivity contribution in [2.75, 3.05) is 10.6 Å². The zero-order valence-corrected chi connectivity index (χ0v) is 18.2. The fourth-order valence-corrected chi connectivity index (χ4v) is 3.71. The van der Waals surface area contributed by atoms with Crippen molar-refractivity contribution >= 4 is 54.6 Å². The number of rotatable bonds is 4. The van der Waals surface area contributed by atoms with Crippen LogP contribution in [0.4, 0.5) is 22.7 Å². The molecule has 0 aliphatic carbocycles. The van der Waals surface area contributed by atoms with Crippen LogP contribution < -0.4 is 10.6 Å². The lowest BCUT2D eigenvalue weighted by molar-refractivity contribution is 1.28. The number of nitrogens with zero attached hydrogens (tertiary/aromatic N) is 1. The Morgan fingerprint density at radius 1 is 0.536 bits per heavy atom. The van der Waals surface area contributed by atoms with E-state index >= 15 is 0 Å². The molecule has 2 nitrogen and oxygen atoms in total. The third-order valence-corrected chi connectivity index (χ3v) is 5.62. The molecule has 0 atom stereocenters. The van der Waals surface area contributed by atoms with Crippen LogP contribution in [0.3, 0.4) is 0 Å². The molecule has 4 aromatic rings. The molecule has 0 aliphatic heterocycles. The Bertz CT molecular complexity index is 1030. The lowest BCUT2D eigenvalue weighted by Gasteiger charge is -2.26. The largest absolute Gasteiger partial charge is 0.398 e. The molecule has 0 amide bonds. The minimum Gasteiger partial charge on any atom is -0.398 e. The van der Waals surface area contributed by atoms with Gasteiger partial charge in [0.05, 0.1) is 0 Å². The highest BCUT2D eigenvalue weighted by molar-refractivity contribution is 9.10. The van der Waals surface area contributed by atoms with Gasteiger partial charge >= 0.3 is 0 Å². The van der Waals surface area contributed by atoms with Gasteiger partial charge in [-0.25, -0.2) is 0 Å². The summed E-state index contributed by atoms with van der Waals surface area (Å²) in [5.74, 6) is 0. The van der Waals surface area contributed by atoms with Gasteiger partial charge < -0.3 is 10.6 Å².